The summed E-state index contributed by atoms with van der Waals surface area (Å²) >= 11 is 0. The third-order valence-electron chi connectivity index (χ3n) is 2.00. The van der Waals surface area contributed by atoms with Gasteiger partial charge in [-0.05, 0) is 20.8 Å². The molecule has 0 saturated heterocycles. The van der Waals surface area contributed by atoms with E-state index in [1.165, 1.54) is 7.05 Å². The highest BCUT2D eigenvalue weighted by Gasteiger charge is 2.24. The summed E-state index contributed by atoms with van der Waals surface area (Å²) in [6.45, 7) is 9.37. The summed E-state index contributed by atoms with van der Waals surface area (Å²) in [6.07, 6.45) is -0.607. The third kappa shape index (κ3) is 5.64. The Hall–Kier alpha value is -1.92. The fourth-order valence-corrected chi connectivity index (χ4v) is 0.838. The normalized spacial score (nSPS) is 10.1. The van der Waals surface area contributed by atoms with E-state index in [1.54, 1.807) is 20.8 Å². The van der Waals surface area contributed by atoms with Crippen LogP contribution >= 0.6 is 0 Å². The number of nitrogens with one attached hydrogen (secondary N) is 4. The van der Waals surface area contributed by atoms with E-state index in [9.17, 15) is 9.59 Å². The van der Waals surface area contributed by atoms with Crippen molar-refractivity contribution in [3.63, 3.8) is 0 Å². The highest BCUT2D eigenvalue weighted by atomic mass is 16.7. The van der Waals surface area contributed by atoms with E-state index in [2.05, 4.69) is 32.8 Å². The van der Waals surface area contributed by atoms with Crippen LogP contribution in [0.25, 0.3) is 0 Å². The Bertz CT molecular complexity index is 302. The van der Waals surface area contributed by atoms with Gasteiger partial charge >= 0.3 is 12.1 Å². The van der Waals surface area contributed by atoms with Gasteiger partial charge in [0.2, 0.25) is 0 Å². The van der Waals surface area contributed by atoms with E-state index < -0.39 is 11.6 Å². The summed E-state index contributed by atoms with van der Waals surface area (Å²) in [5, 5.41) is 7.50. The van der Waals surface area contributed by atoms with Crippen LogP contribution in [0.2, 0.25) is 0 Å². The maximum absolute atomic E-state index is 11.2. The first kappa shape index (κ1) is 15.1. The second-order valence-corrected chi connectivity index (χ2v) is 3.83. The predicted molar refractivity (Wildman–Crippen MR) is 64.1 cm³/mol. The number of rotatable bonds is 5. The Morgan fingerprint density at radius 2 is 1.94 bits per heavy atom. The minimum Gasteiger partial charge on any atom is -0.341 e. The highest BCUT2D eigenvalue weighted by Crippen LogP contribution is 2.10. The predicted octanol–water partition coefficient (Wildman–Crippen LogP) is 0.458. The summed E-state index contributed by atoms with van der Waals surface area (Å²) < 4.78 is 0. The quantitative estimate of drug-likeness (QED) is 0.529. The molecular formula is C10H20N4O3. The highest BCUT2D eigenvalue weighted by molar-refractivity contribution is 5.74. The maximum Gasteiger partial charge on any atom is 0.431 e. The lowest BCUT2D eigenvalue weighted by Crippen LogP contribution is -2.51. The smallest absolute Gasteiger partial charge is 0.341 e. The molecule has 7 nitrogen and oxygen atoms in total. The van der Waals surface area contributed by atoms with Crippen LogP contribution in [0.15, 0.2) is 12.3 Å². The third-order valence-corrected chi connectivity index (χ3v) is 2.00. The van der Waals surface area contributed by atoms with E-state index in [1.807, 2.05) is 0 Å². The lowest BCUT2D eigenvalue weighted by molar-refractivity contribution is 0.0986. The Labute approximate surface area is 101 Å². The molecule has 98 valence electrons. The Balaban J connectivity index is 4.20. The van der Waals surface area contributed by atoms with Gasteiger partial charge in [-0.25, -0.2) is 15.1 Å². The molecule has 4 N–H and O–H groups in total. The molecule has 7 heteroatoms. The zero-order chi connectivity index (χ0) is 13.5. The first-order valence-electron chi connectivity index (χ1n) is 5.23. The number of hydrogen-bond acceptors (Lipinski definition) is 4. The molecule has 0 aromatic carbocycles. The Kier molecular flexibility index (Phi) is 5.87. The number of carbonyl (C=O) groups excluding carboxylic acids is 2. The van der Waals surface area contributed by atoms with Crippen LogP contribution in [0.5, 0.6) is 0 Å². The largest absolute Gasteiger partial charge is 0.431 e. The summed E-state index contributed by atoms with van der Waals surface area (Å²) in [6, 6.07) is -0.351. The van der Waals surface area contributed by atoms with Gasteiger partial charge < -0.3 is 20.8 Å². The molecule has 0 unspecified atom stereocenters. The van der Waals surface area contributed by atoms with Crippen LogP contribution in [-0.2, 0) is 4.84 Å². The Morgan fingerprint density at radius 1 is 1.35 bits per heavy atom. The topological polar surface area (TPSA) is 91.5 Å². The molecule has 0 fully saturated rings. The zero-order valence-corrected chi connectivity index (χ0v) is 10.6. The van der Waals surface area contributed by atoms with Crippen LogP contribution in [0.3, 0.4) is 0 Å². The van der Waals surface area contributed by atoms with E-state index in [0.29, 0.717) is 12.2 Å². The minimum atomic E-state index is -0.757. The van der Waals surface area contributed by atoms with Gasteiger partial charge in [0.25, 0.3) is 0 Å². The maximum atomic E-state index is 11.2. The van der Waals surface area contributed by atoms with Crippen molar-refractivity contribution in [2.45, 2.75) is 26.3 Å². The molecule has 0 aliphatic carbocycles. The van der Waals surface area contributed by atoms with Gasteiger partial charge in [0, 0.05) is 13.6 Å². The van der Waals surface area contributed by atoms with Gasteiger partial charge in [-0.15, -0.1) is 0 Å². The Morgan fingerprint density at radius 3 is 2.41 bits per heavy atom. The fourth-order valence-electron chi connectivity index (χ4n) is 0.838. The molecule has 17 heavy (non-hydrogen) atoms. The SMILES string of the molecule is C=C(NOC(=O)NCC)C(C)(C)NC(=O)NC. The van der Waals surface area contributed by atoms with E-state index in [0.717, 1.165) is 0 Å². The van der Waals surface area contributed by atoms with Crippen LogP contribution in [0.4, 0.5) is 9.59 Å². The average molecular weight is 244 g/mol. The standard InChI is InChI=1S/C10H20N4O3/c1-6-12-9(16)17-14-7(2)10(3,4)13-8(15)11-5/h14H,2,6H2,1,3-5H3,(H,12,16)(H2,11,13,15). The molecule has 0 aromatic heterocycles. The molecule has 0 spiro atoms. The van der Waals surface area contributed by atoms with Crippen molar-refractivity contribution in [3.05, 3.63) is 12.3 Å². The van der Waals surface area contributed by atoms with Crippen molar-refractivity contribution >= 4 is 12.1 Å². The molecule has 0 aliphatic heterocycles. The fraction of sp³-hybridized carbons (Fsp3) is 0.600. The van der Waals surface area contributed by atoms with Gasteiger partial charge in [-0.1, -0.05) is 6.58 Å². The summed E-state index contributed by atoms with van der Waals surface area (Å²) in [5.74, 6) is 0. The first-order chi connectivity index (χ1) is 7.83. The lowest BCUT2D eigenvalue weighted by Gasteiger charge is -2.28. The first-order valence-corrected chi connectivity index (χ1v) is 5.23. The molecule has 3 amide bonds. The molecule has 0 saturated carbocycles. The lowest BCUT2D eigenvalue weighted by atomic mass is 10.0. The van der Waals surface area contributed by atoms with E-state index in [4.69, 9.17) is 0 Å². The second-order valence-electron chi connectivity index (χ2n) is 3.83. The number of hydroxylamine groups is 1. The minimum absolute atomic E-state index is 0.351. The van der Waals surface area contributed by atoms with Crippen LogP contribution < -0.4 is 21.4 Å². The number of urea groups is 1. The van der Waals surface area contributed by atoms with E-state index >= 15 is 0 Å². The van der Waals surface area contributed by atoms with Gasteiger partial charge in [0.05, 0.1) is 11.2 Å². The summed E-state index contributed by atoms with van der Waals surface area (Å²) in [4.78, 5) is 26.9. The second kappa shape index (κ2) is 6.62. The molecule has 0 heterocycles. The number of amides is 3. The van der Waals surface area contributed by atoms with Crippen molar-refractivity contribution < 1.29 is 14.4 Å². The summed E-state index contributed by atoms with van der Waals surface area (Å²) in [5.41, 5.74) is 1.98. The molecule has 0 rings (SSSR count). The molecule has 0 aliphatic rings. The van der Waals surface area contributed by atoms with Crippen LogP contribution in [-0.4, -0.2) is 31.3 Å². The van der Waals surface area contributed by atoms with Gasteiger partial charge in [-0.3, -0.25) is 0 Å². The van der Waals surface area contributed by atoms with Crippen molar-refractivity contribution in [2.24, 2.45) is 0 Å². The van der Waals surface area contributed by atoms with Crippen molar-refractivity contribution in [1.29, 1.82) is 0 Å². The summed E-state index contributed by atoms with van der Waals surface area (Å²) in [7, 11) is 1.51. The van der Waals surface area contributed by atoms with Gasteiger partial charge in [0.1, 0.15) is 0 Å². The molecule has 0 aromatic rings. The number of hydrogen-bond donors (Lipinski definition) is 4. The molecule has 0 radical (unpaired) electrons. The number of carbonyl (C=O) groups is 2. The monoisotopic (exact) mass is 244 g/mol. The molecular weight excluding hydrogens is 224 g/mol. The molecule has 0 atom stereocenters. The van der Waals surface area contributed by atoms with E-state index in [-0.39, 0.29) is 6.03 Å². The van der Waals surface area contributed by atoms with Crippen molar-refractivity contribution in [2.75, 3.05) is 13.6 Å². The van der Waals surface area contributed by atoms with Gasteiger partial charge in [-0.2, -0.15) is 0 Å². The van der Waals surface area contributed by atoms with Crippen molar-refractivity contribution in [1.82, 2.24) is 21.4 Å². The molecule has 0 bridgehead atoms. The van der Waals surface area contributed by atoms with Crippen molar-refractivity contribution in [3.8, 4) is 0 Å². The van der Waals surface area contributed by atoms with Crippen LogP contribution in [0.1, 0.15) is 20.8 Å². The average Bonchev–Trinajstić information content (AvgIpc) is 2.25. The zero-order valence-electron chi connectivity index (χ0n) is 10.6. The van der Waals surface area contributed by atoms with Crippen LogP contribution in [0, 0.1) is 0 Å². The van der Waals surface area contributed by atoms with Gasteiger partial charge in [0.15, 0.2) is 0 Å².